The minimum atomic E-state index is 0.296. The van der Waals surface area contributed by atoms with Crippen LogP contribution < -0.4 is 4.90 Å². The number of hydrogen-bond donors (Lipinski definition) is 0. The fraction of sp³-hybridized carbons (Fsp3) is 0.0400. The fourth-order valence-electron chi connectivity index (χ4n) is 8.42. The van der Waals surface area contributed by atoms with Gasteiger partial charge in [-0.3, -0.25) is 0 Å². The van der Waals surface area contributed by atoms with Crippen LogP contribution in [0.2, 0.25) is 0 Å². The highest BCUT2D eigenvalue weighted by Crippen LogP contribution is 2.46. The average molecular weight is 650 g/mol. The number of fused-ring (bicyclic) bond motifs is 8. The number of para-hydroxylation sites is 1. The zero-order valence-electron chi connectivity index (χ0n) is 28.2. The zero-order chi connectivity index (χ0) is 33.7. The Morgan fingerprint density at radius 1 is 0.392 bits per heavy atom. The molecule has 0 amide bonds. The van der Waals surface area contributed by atoms with Gasteiger partial charge in [0.05, 0.1) is 0 Å². The highest BCUT2D eigenvalue weighted by atomic mass is 15.1. The van der Waals surface area contributed by atoms with Gasteiger partial charge in [0, 0.05) is 23.0 Å². The van der Waals surface area contributed by atoms with Crippen molar-refractivity contribution < 1.29 is 0 Å². The maximum absolute atomic E-state index is 2.36. The molecule has 1 heteroatoms. The van der Waals surface area contributed by atoms with E-state index in [2.05, 4.69) is 199 Å². The molecule has 0 saturated heterocycles. The summed E-state index contributed by atoms with van der Waals surface area (Å²) in [7, 11) is 0. The summed E-state index contributed by atoms with van der Waals surface area (Å²) in [4.78, 5) is 2.36. The van der Waals surface area contributed by atoms with Crippen LogP contribution in [0, 0.1) is 0 Å². The fourth-order valence-corrected chi connectivity index (χ4v) is 8.42. The van der Waals surface area contributed by atoms with E-state index < -0.39 is 0 Å². The summed E-state index contributed by atoms with van der Waals surface area (Å²) in [5, 5.41) is 7.76. The summed E-state index contributed by atoms with van der Waals surface area (Å²) in [5.74, 6) is 0.296. The average Bonchev–Trinajstić information content (AvgIpc) is 3.21. The van der Waals surface area contributed by atoms with Crippen molar-refractivity contribution in [3.8, 4) is 22.3 Å². The van der Waals surface area contributed by atoms with E-state index in [4.69, 9.17) is 0 Å². The predicted molar refractivity (Wildman–Crippen MR) is 217 cm³/mol. The van der Waals surface area contributed by atoms with Crippen molar-refractivity contribution in [2.75, 3.05) is 4.90 Å². The molecule has 10 rings (SSSR count). The summed E-state index contributed by atoms with van der Waals surface area (Å²) >= 11 is 0. The first kappa shape index (κ1) is 29.5. The quantitative estimate of drug-likeness (QED) is 0.168. The lowest BCUT2D eigenvalue weighted by Gasteiger charge is -2.30. The molecule has 0 spiro atoms. The molecule has 1 nitrogen and oxygen atoms in total. The van der Waals surface area contributed by atoms with Crippen molar-refractivity contribution in [2.24, 2.45) is 0 Å². The largest absolute Gasteiger partial charge is 0.311 e. The molecule has 9 aromatic rings. The smallest absolute Gasteiger partial charge is 0.0462 e. The Kier molecular flexibility index (Phi) is 7.03. The molecule has 9 aromatic carbocycles. The molecule has 0 heterocycles. The number of rotatable bonds is 5. The van der Waals surface area contributed by atoms with Gasteiger partial charge in [0.2, 0.25) is 0 Å². The molecule has 0 N–H and O–H groups in total. The van der Waals surface area contributed by atoms with Crippen LogP contribution in [0.4, 0.5) is 17.1 Å². The van der Waals surface area contributed by atoms with Crippen LogP contribution in [0.15, 0.2) is 194 Å². The summed E-state index contributed by atoms with van der Waals surface area (Å²) in [5.41, 5.74) is 12.8. The monoisotopic (exact) mass is 649 g/mol. The lowest BCUT2D eigenvalue weighted by molar-refractivity contribution is 0.795. The molecular weight excluding hydrogens is 615 g/mol. The SMILES string of the molecule is c1ccc(N(c2ccc(-c3cc4ccccc4c4ccccc34)cc2)c2ccc(C3Cc4ccc5ccccc5c4-c4ccccc43)cc2)cc1. The third-order valence-corrected chi connectivity index (χ3v) is 10.8. The highest BCUT2D eigenvalue weighted by molar-refractivity contribution is 6.13. The van der Waals surface area contributed by atoms with Crippen LogP contribution in [-0.4, -0.2) is 0 Å². The van der Waals surface area contributed by atoms with Gasteiger partial charge in [-0.05, 0) is 120 Å². The van der Waals surface area contributed by atoms with Crippen molar-refractivity contribution in [1.82, 2.24) is 0 Å². The molecule has 1 aliphatic rings. The second-order valence-corrected chi connectivity index (χ2v) is 13.7. The molecule has 0 radical (unpaired) electrons. The summed E-state index contributed by atoms with van der Waals surface area (Å²) < 4.78 is 0. The van der Waals surface area contributed by atoms with Gasteiger partial charge in [-0.2, -0.15) is 0 Å². The first-order valence-electron chi connectivity index (χ1n) is 17.9. The lowest BCUT2D eigenvalue weighted by Crippen LogP contribution is -2.14. The van der Waals surface area contributed by atoms with Crippen LogP contribution in [0.1, 0.15) is 22.6 Å². The third-order valence-electron chi connectivity index (χ3n) is 10.8. The molecule has 1 atom stereocenters. The summed E-state index contributed by atoms with van der Waals surface area (Å²) in [6.07, 6.45) is 0.990. The second kappa shape index (κ2) is 12.2. The van der Waals surface area contributed by atoms with Gasteiger partial charge < -0.3 is 4.90 Å². The van der Waals surface area contributed by atoms with Crippen molar-refractivity contribution in [1.29, 1.82) is 0 Å². The van der Waals surface area contributed by atoms with Gasteiger partial charge >= 0.3 is 0 Å². The van der Waals surface area contributed by atoms with Crippen molar-refractivity contribution in [3.63, 3.8) is 0 Å². The maximum Gasteiger partial charge on any atom is 0.0462 e. The Labute approximate surface area is 298 Å². The molecule has 0 bridgehead atoms. The van der Waals surface area contributed by atoms with Crippen LogP contribution in [-0.2, 0) is 6.42 Å². The van der Waals surface area contributed by atoms with E-state index in [1.165, 1.54) is 71.3 Å². The van der Waals surface area contributed by atoms with E-state index >= 15 is 0 Å². The second-order valence-electron chi connectivity index (χ2n) is 13.7. The van der Waals surface area contributed by atoms with E-state index in [0.717, 1.165) is 23.5 Å². The third kappa shape index (κ3) is 5.01. The van der Waals surface area contributed by atoms with Crippen LogP contribution >= 0.6 is 0 Å². The molecular formula is C50H35N. The Balaban J connectivity index is 1.03. The van der Waals surface area contributed by atoms with Crippen molar-refractivity contribution >= 4 is 49.4 Å². The molecule has 0 aromatic heterocycles. The Morgan fingerprint density at radius 3 is 1.76 bits per heavy atom. The van der Waals surface area contributed by atoms with Crippen LogP contribution in [0.3, 0.4) is 0 Å². The highest BCUT2D eigenvalue weighted by Gasteiger charge is 2.27. The lowest BCUT2D eigenvalue weighted by atomic mass is 9.74. The van der Waals surface area contributed by atoms with E-state index in [1.807, 2.05) is 0 Å². The van der Waals surface area contributed by atoms with E-state index in [-0.39, 0.29) is 0 Å². The summed E-state index contributed by atoms with van der Waals surface area (Å²) in [6.45, 7) is 0. The maximum atomic E-state index is 2.36. The molecule has 51 heavy (non-hydrogen) atoms. The molecule has 0 saturated carbocycles. The topological polar surface area (TPSA) is 3.24 Å². The predicted octanol–water partition coefficient (Wildman–Crippen LogP) is 13.6. The van der Waals surface area contributed by atoms with E-state index in [0.29, 0.717) is 5.92 Å². The van der Waals surface area contributed by atoms with Gasteiger partial charge in [-0.1, -0.05) is 152 Å². The first-order chi connectivity index (χ1) is 25.3. The van der Waals surface area contributed by atoms with E-state index in [9.17, 15) is 0 Å². The van der Waals surface area contributed by atoms with Gasteiger partial charge in [-0.25, -0.2) is 0 Å². The molecule has 1 aliphatic carbocycles. The van der Waals surface area contributed by atoms with Gasteiger partial charge in [0.15, 0.2) is 0 Å². The molecule has 1 unspecified atom stereocenters. The van der Waals surface area contributed by atoms with Crippen LogP contribution in [0.25, 0.3) is 54.6 Å². The van der Waals surface area contributed by atoms with Gasteiger partial charge in [0.1, 0.15) is 0 Å². The van der Waals surface area contributed by atoms with Crippen molar-refractivity contribution in [2.45, 2.75) is 12.3 Å². The Hall–Kier alpha value is -6.44. The standard InChI is InChI=1S/C50H35N/c1-2-14-39(15-3-1)51(40-28-24-35(25-29-40)48-32-37-13-5-6-16-42(37)44-18-8-9-19-45(44)48)41-30-26-36(27-31-41)49-33-38-23-22-34-12-4-7-17-43(34)50(38)47-21-11-10-20-46(47)49/h1-32,49H,33H2. The Bertz CT molecular complexity index is 2710. The van der Waals surface area contributed by atoms with E-state index in [1.54, 1.807) is 0 Å². The number of benzene rings is 9. The van der Waals surface area contributed by atoms with Crippen LogP contribution in [0.5, 0.6) is 0 Å². The number of hydrogen-bond acceptors (Lipinski definition) is 1. The number of anilines is 3. The minimum Gasteiger partial charge on any atom is -0.311 e. The molecule has 0 aliphatic heterocycles. The normalized spacial score (nSPS) is 13.6. The van der Waals surface area contributed by atoms with Gasteiger partial charge in [-0.15, -0.1) is 0 Å². The van der Waals surface area contributed by atoms with Gasteiger partial charge in [0.25, 0.3) is 0 Å². The Morgan fingerprint density at radius 2 is 0.980 bits per heavy atom. The molecule has 240 valence electrons. The van der Waals surface area contributed by atoms with Crippen molar-refractivity contribution in [3.05, 3.63) is 211 Å². The summed E-state index contributed by atoms with van der Waals surface area (Å²) in [6, 6.07) is 71.3. The number of nitrogens with zero attached hydrogens (tertiary/aromatic N) is 1. The zero-order valence-corrected chi connectivity index (χ0v) is 28.2. The minimum absolute atomic E-state index is 0.296. The first-order valence-corrected chi connectivity index (χ1v) is 17.9. The molecule has 0 fully saturated rings.